The van der Waals surface area contributed by atoms with Gasteiger partial charge in [-0.25, -0.2) is 0 Å². The standard InChI is InChI=1S/C9H15N.C8H19N.C5H12.C2H6/c1-4-6-8(3)9(10)7-5-2;1-4-6-8-9(3)7-5-2;1-3-5-4-2;1-2/h4-7H,10H2,1-3H3;4-8H2,1-3H3;3-5H2,1-2H3;1-2H3/b6-4+,7-5-,9-8+;;;. The summed E-state index contributed by atoms with van der Waals surface area (Å²) in [7, 11) is 2.19. The number of unbranched alkanes of at least 4 members (excludes halogenated alkanes) is 3. The Morgan fingerprint density at radius 2 is 1.23 bits per heavy atom. The molecule has 0 bridgehead atoms. The van der Waals surface area contributed by atoms with Gasteiger partial charge in [-0.2, -0.15) is 0 Å². The summed E-state index contributed by atoms with van der Waals surface area (Å²) in [5, 5.41) is 0. The molecule has 2 nitrogen and oxygen atoms in total. The van der Waals surface area contributed by atoms with Gasteiger partial charge in [0.05, 0.1) is 0 Å². The van der Waals surface area contributed by atoms with Crippen LogP contribution >= 0.6 is 0 Å². The zero-order chi connectivity index (χ0) is 21.2. The Kier molecular flexibility index (Phi) is 39.8. The average Bonchev–Trinajstić information content (AvgIpc) is 2.64. The van der Waals surface area contributed by atoms with Crippen molar-refractivity contribution in [1.29, 1.82) is 0 Å². The van der Waals surface area contributed by atoms with Crippen LogP contribution in [0.25, 0.3) is 0 Å². The van der Waals surface area contributed by atoms with E-state index >= 15 is 0 Å². The van der Waals surface area contributed by atoms with E-state index in [1.165, 1.54) is 51.6 Å². The first-order valence-corrected chi connectivity index (χ1v) is 10.8. The first-order chi connectivity index (χ1) is 12.4. The number of hydrogen-bond donors (Lipinski definition) is 1. The Balaban J connectivity index is -0.000000139. The molecule has 2 N–H and O–H groups in total. The smallest absolute Gasteiger partial charge is 0.0340 e. The largest absolute Gasteiger partial charge is 0.399 e. The van der Waals surface area contributed by atoms with Gasteiger partial charge in [0.2, 0.25) is 0 Å². The molecule has 0 amide bonds. The van der Waals surface area contributed by atoms with Crippen molar-refractivity contribution in [2.45, 2.75) is 101 Å². The molecule has 0 aromatic carbocycles. The van der Waals surface area contributed by atoms with Crippen molar-refractivity contribution < 1.29 is 0 Å². The second kappa shape index (κ2) is 31.7. The lowest BCUT2D eigenvalue weighted by Gasteiger charge is -2.13. The van der Waals surface area contributed by atoms with Gasteiger partial charge in [-0.3, -0.25) is 0 Å². The van der Waals surface area contributed by atoms with Crippen LogP contribution in [0.3, 0.4) is 0 Å². The number of allylic oxidation sites excluding steroid dienone is 5. The van der Waals surface area contributed by atoms with Crippen LogP contribution in [0.4, 0.5) is 0 Å². The lowest BCUT2D eigenvalue weighted by molar-refractivity contribution is 0.329. The van der Waals surface area contributed by atoms with Crippen molar-refractivity contribution in [3.8, 4) is 0 Å². The van der Waals surface area contributed by atoms with E-state index in [1.54, 1.807) is 0 Å². The monoisotopic (exact) mass is 368 g/mol. The highest BCUT2D eigenvalue weighted by Crippen LogP contribution is 2.00. The Morgan fingerprint density at radius 3 is 1.54 bits per heavy atom. The summed E-state index contributed by atoms with van der Waals surface area (Å²) in [5.74, 6) is 0. The van der Waals surface area contributed by atoms with E-state index in [0.29, 0.717) is 0 Å². The van der Waals surface area contributed by atoms with E-state index in [4.69, 9.17) is 5.73 Å². The zero-order valence-electron chi connectivity index (χ0n) is 20.0. The summed E-state index contributed by atoms with van der Waals surface area (Å²) in [6.45, 7) is 21.3. The van der Waals surface area contributed by atoms with Gasteiger partial charge < -0.3 is 10.6 Å². The van der Waals surface area contributed by atoms with E-state index in [-0.39, 0.29) is 0 Å². The molecule has 0 spiro atoms. The van der Waals surface area contributed by atoms with Crippen LogP contribution in [0.2, 0.25) is 0 Å². The third-order valence-corrected chi connectivity index (χ3v) is 3.42. The van der Waals surface area contributed by atoms with E-state index in [0.717, 1.165) is 11.3 Å². The summed E-state index contributed by atoms with van der Waals surface area (Å²) in [5.41, 5.74) is 7.60. The molecular weight excluding hydrogens is 316 g/mol. The number of hydrogen-bond acceptors (Lipinski definition) is 2. The molecule has 0 fully saturated rings. The first kappa shape index (κ1) is 32.6. The number of nitrogens with zero attached hydrogens (tertiary/aromatic N) is 1. The third kappa shape index (κ3) is 34.3. The summed E-state index contributed by atoms with van der Waals surface area (Å²) in [4.78, 5) is 2.39. The molecule has 0 aliphatic rings. The van der Waals surface area contributed by atoms with Crippen molar-refractivity contribution in [2.24, 2.45) is 5.73 Å². The van der Waals surface area contributed by atoms with Gasteiger partial charge in [-0.15, -0.1) is 0 Å². The van der Waals surface area contributed by atoms with Crippen LogP contribution in [0.15, 0.2) is 35.6 Å². The SMILES string of the molecule is CC.CCCCC.CCCCN(C)CCC.C\C=C/C(N)=C(C)\C=C\C. The van der Waals surface area contributed by atoms with Gasteiger partial charge in [0.15, 0.2) is 0 Å². The summed E-state index contributed by atoms with van der Waals surface area (Å²) in [6.07, 6.45) is 15.8. The average molecular weight is 369 g/mol. The van der Waals surface area contributed by atoms with Gasteiger partial charge in [0, 0.05) is 5.70 Å². The highest BCUT2D eigenvalue weighted by atomic mass is 15.1. The van der Waals surface area contributed by atoms with Gasteiger partial charge in [0.25, 0.3) is 0 Å². The molecule has 0 aromatic heterocycles. The highest BCUT2D eigenvalue weighted by molar-refractivity contribution is 5.28. The van der Waals surface area contributed by atoms with Crippen molar-refractivity contribution >= 4 is 0 Å². The molecule has 0 atom stereocenters. The molecule has 0 aliphatic carbocycles. The highest BCUT2D eigenvalue weighted by Gasteiger charge is 1.92. The maximum atomic E-state index is 5.66. The van der Waals surface area contributed by atoms with Crippen LogP contribution in [-0.2, 0) is 0 Å². The van der Waals surface area contributed by atoms with Crippen LogP contribution in [0, 0.1) is 0 Å². The lowest BCUT2D eigenvalue weighted by Crippen LogP contribution is -2.19. The topological polar surface area (TPSA) is 29.3 Å². The summed E-state index contributed by atoms with van der Waals surface area (Å²) >= 11 is 0. The molecule has 2 heteroatoms. The molecule has 158 valence electrons. The van der Waals surface area contributed by atoms with Gasteiger partial charge in [-0.05, 0) is 65.4 Å². The van der Waals surface area contributed by atoms with Gasteiger partial charge >= 0.3 is 0 Å². The molecule has 0 unspecified atom stereocenters. The second-order valence-electron chi connectivity index (χ2n) is 6.15. The molecule has 0 aliphatic heterocycles. The number of rotatable bonds is 9. The van der Waals surface area contributed by atoms with Gasteiger partial charge in [0.1, 0.15) is 0 Å². The van der Waals surface area contributed by atoms with Crippen molar-refractivity contribution in [2.75, 3.05) is 20.1 Å². The van der Waals surface area contributed by atoms with Crippen LogP contribution < -0.4 is 5.73 Å². The van der Waals surface area contributed by atoms with Crippen LogP contribution in [-0.4, -0.2) is 25.0 Å². The molecular formula is C24H52N2. The summed E-state index contributed by atoms with van der Waals surface area (Å²) in [6, 6.07) is 0. The predicted octanol–water partition coefficient (Wildman–Crippen LogP) is 7.72. The van der Waals surface area contributed by atoms with E-state index in [2.05, 4.69) is 39.6 Å². The van der Waals surface area contributed by atoms with Crippen LogP contribution in [0.5, 0.6) is 0 Å². The predicted molar refractivity (Wildman–Crippen MR) is 126 cm³/mol. The molecule has 26 heavy (non-hydrogen) atoms. The van der Waals surface area contributed by atoms with Gasteiger partial charge in [-0.1, -0.05) is 85.5 Å². The van der Waals surface area contributed by atoms with Crippen molar-refractivity contribution in [3.05, 3.63) is 35.6 Å². The van der Waals surface area contributed by atoms with Crippen LogP contribution in [0.1, 0.15) is 101 Å². The Bertz CT molecular complexity index is 292. The fourth-order valence-electron chi connectivity index (χ4n) is 1.93. The molecule has 0 rings (SSSR count). The zero-order valence-corrected chi connectivity index (χ0v) is 20.0. The Hall–Kier alpha value is -1.02. The maximum Gasteiger partial charge on any atom is 0.0340 e. The molecule has 0 saturated heterocycles. The Labute approximate surface area is 167 Å². The number of nitrogens with two attached hydrogens (primary N) is 1. The molecule has 0 aromatic rings. The summed E-state index contributed by atoms with van der Waals surface area (Å²) < 4.78 is 0. The molecule has 0 heterocycles. The molecule has 0 radical (unpaired) electrons. The molecule has 0 saturated carbocycles. The maximum absolute atomic E-state index is 5.66. The fraction of sp³-hybridized carbons (Fsp3) is 0.750. The quantitative estimate of drug-likeness (QED) is 0.422. The first-order valence-electron chi connectivity index (χ1n) is 10.8. The second-order valence-corrected chi connectivity index (χ2v) is 6.15. The minimum absolute atomic E-state index is 0.834. The van der Waals surface area contributed by atoms with Crippen molar-refractivity contribution in [3.63, 3.8) is 0 Å². The fourth-order valence-corrected chi connectivity index (χ4v) is 1.93. The minimum Gasteiger partial charge on any atom is -0.399 e. The third-order valence-electron chi connectivity index (χ3n) is 3.42. The van der Waals surface area contributed by atoms with E-state index in [9.17, 15) is 0 Å². The lowest BCUT2D eigenvalue weighted by atomic mass is 10.2. The van der Waals surface area contributed by atoms with Crippen molar-refractivity contribution in [1.82, 2.24) is 4.90 Å². The van der Waals surface area contributed by atoms with E-state index < -0.39 is 0 Å². The normalized spacial score (nSPS) is 11.2. The van der Waals surface area contributed by atoms with E-state index in [1.807, 2.05) is 58.9 Å². The Morgan fingerprint density at radius 1 is 0.769 bits per heavy atom. The minimum atomic E-state index is 0.834.